The molecule has 0 amide bonds. The quantitative estimate of drug-likeness (QED) is 0.656. The van der Waals surface area contributed by atoms with Crippen molar-refractivity contribution in [2.45, 2.75) is 6.92 Å². The van der Waals surface area contributed by atoms with Gasteiger partial charge in [0.05, 0.1) is 7.11 Å². The fraction of sp³-hybridized carbons (Fsp3) is 0.235. The number of para-hydroxylation sites is 1. The van der Waals surface area contributed by atoms with Crippen LogP contribution >= 0.6 is 0 Å². The Labute approximate surface area is 129 Å². The standard InChI is InChI=1S/C17H19NO4/c1-12-5-4-6-15(19)17(12)18-10-13-9-14(21-3)7-8-16(13)22-11-20-2/h4-10,19H,11H2,1-3H3/b18-10+. The molecule has 0 saturated heterocycles. The van der Waals surface area contributed by atoms with E-state index in [0.29, 0.717) is 17.2 Å². The highest BCUT2D eigenvalue weighted by molar-refractivity contribution is 5.87. The lowest BCUT2D eigenvalue weighted by molar-refractivity contribution is 0.0510. The lowest BCUT2D eigenvalue weighted by Crippen LogP contribution is -2.01. The number of aliphatic imine (C=N–C) groups is 1. The van der Waals surface area contributed by atoms with Gasteiger partial charge in [-0.3, -0.25) is 4.99 Å². The number of benzene rings is 2. The molecule has 0 unspecified atom stereocenters. The lowest BCUT2D eigenvalue weighted by Gasteiger charge is -2.10. The van der Waals surface area contributed by atoms with E-state index in [1.165, 1.54) is 0 Å². The molecule has 5 nitrogen and oxygen atoms in total. The Kier molecular flexibility index (Phi) is 5.38. The van der Waals surface area contributed by atoms with Crippen molar-refractivity contribution < 1.29 is 19.3 Å². The molecule has 0 bridgehead atoms. The predicted octanol–water partition coefficient (Wildman–Crippen LogP) is 3.44. The third-order valence-corrected chi connectivity index (χ3v) is 3.10. The molecule has 0 aromatic heterocycles. The normalized spacial score (nSPS) is 10.9. The van der Waals surface area contributed by atoms with Crippen LogP contribution < -0.4 is 9.47 Å². The highest BCUT2D eigenvalue weighted by Crippen LogP contribution is 2.30. The van der Waals surface area contributed by atoms with Crippen LogP contribution in [0.2, 0.25) is 0 Å². The van der Waals surface area contributed by atoms with Gasteiger partial charge in [0, 0.05) is 18.9 Å². The molecule has 0 atom stereocenters. The van der Waals surface area contributed by atoms with Crippen LogP contribution in [-0.2, 0) is 4.74 Å². The molecule has 0 spiro atoms. The summed E-state index contributed by atoms with van der Waals surface area (Å²) in [5.41, 5.74) is 2.15. The third-order valence-electron chi connectivity index (χ3n) is 3.10. The van der Waals surface area contributed by atoms with Gasteiger partial charge in [0.15, 0.2) is 6.79 Å². The molecule has 2 aromatic carbocycles. The van der Waals surface area contributed by atoms with E-state index in [-0.39, 0.29) is 12.5 Å². The maximum absolute atomic E-state index is 9.89. The second kappa shape index (κ2) is 7.47. The first kappa shape index (κ1) is 15.9. The number of nitrogens with zero attached hydrogens (tertiary/aromatic N) is 1. The maximum atomic E-state index is 9.89. The lowest BCUT2D eigenvalue weighted by atomic mass is 10.1. The zero-order valence-corrected chi connectivity index (χ0v) is 12.9. The molecule has 0 saturated carbocycles. The van der Waals surface area contributed by atoms with E-state index in [0.717, 1.165) is 11.1 Å². The van der Waals surface area contributed by atoms with E-state index in [1.807, 2.05) is 19.1 Å². The van der Waals surface area contributed by atoms with Crippen LogP contribution in [0.25, 0.3) is 0 Å². The molecule has 1 N–H and O–H groups in total. The Morgan fingerprint density at radius 2 is 2.00 bits per heavy atom. The Hall–Kier alpha value is -2.53. The minimum atomic E-state index is 0.138. The van der Waals surface area contributed by atoms with Gasteiger partial charge < -0.3 is 19.3 Å². The molecule has 0 aliphatic rings. The molecule has 0 heterocycles. The van der Waals surface area contributed by atoms with Crippen LogP contribution in [0, 0.1) is 6.92 Å². The number of aryl methyl sites for hydroxylation is 1. The van der Waals surface area contributed by atoms with Gasteiger partial charge in [-0.2, -0.15) is 0 Å². The number of methoxy groups -OCH3 is 2. The van der Waals surface area contributed by atoms with Crippen LogP contribution in [0.15, 0.2) is 41.4 Å². The number of rotatable bonds is 6. The van der Waals surface area contributed by atoms with Gasteiger partial charge in [0.25, 0.3) is 0 Å². The first-order valence-corrected chi connectivity index (χ1v) is 6.78. The first-order valence-electron chi connectivity index (χ1n) is 6.78. The van der Waals surface area contributed by atoms with E-state index in [1.54, 1.807) is 44.7 Å². The average molecular weight is 301 g/mol. The number of aromatic hydroxyl groups is 1. The van der Waals surface area contributed by atoms with Crippen LogP contribution in [-0.4, -0.2) is 32.3 Å². The summed E-state index contributed by atoms with van der Waals surface area (Å²) in [6.45, 7) is 2.03. The van der Waals surface area contributed by atoms with Gasteiger partial charge in [-0.15, -0.1) is 0 Å². The molecule has 22 heavy (non-hydrogen) atoms. The van der Waals surface area contributed by atoms with Crippen molar-refractivity contribution in [1.29, 1.82) is 0 Å². The topological polar surface area (TPSA) is 60.3 Å². The summed E-state index contributed by atoms with van der Waals surface area (Å²) in [4.78, 5) is 4.37. The van der Waals surface area contributed by atoms with Crippen molar-refractivity contribution in [1.82, 2.24) is 0 Å². The Balaban J connectivity index is 2.35. The zero-order valence-electron chi connectivity index (χ0n) is 12.9. The molecule has 0 aliphatic heterocycles. The van der Waals surface area contributed by atoms with E-state index < -0.39 is 0 Å². The fourth-order valence-electron chi connectivity index (χ4n) is 1.95. The van der Waals surface area contributed by atoms with E-state index in [9.17, 15) is 5.11 Å². The second-order valence-corrected chi connectivity index (χ2v) is 4.66. The first-order chi connectivity index (χ1) is 10.7. The molecule has 0 radical (unpaired) electrons. The summed E-state index contributed by atoms with van der Waals surface area (Å²) in [5, 5.41) is 9.89. The summed E-state index contributed by atoms with van der Waals surface area (Å²) >= 11 is 0. The van der Waals surface area contributed by atoms with Gasteiger partial charge in [0.2, 0.25) is 0 Å². The molecule has 2 aromatic rings. The van der Waals surface area contributed by atoms with Crippen molar-refractivity contribution in [2.75, 3.05) is 21.0 Å². The Morgan fingerprint density at radius 1 is 1.18 bits per heavy atom. The smallest absolute Gasteiger partial charge is 0.188 e. The van der Waals surface area contributed by atoms with Crippen LogP contribution in [0.4, 0.5) is 5.69 Å². The third kappa shape index (κ3) is 3.77. The van der Waals surface area contributed by atoms with Gasteiger partial charge in [-0.1, -0.05) is 12.1 Å². The highest BCUT2D eigenvalue weighted by atomic mass is 16.7. The van der Waals surface area contributed by atoms with E-state index >= 15 is 0 Å². The summed E-state index contributed by atoms with van der Waals surface area (Å²) in [5.74, 6) is 1.46. The minimum Gasteiger partial charge on any atom is -0.506 e. The van der Waals surface area contributed by atoms with Crippen LogP contribution in [0.1, 0.15) is 11.1 Å². The van der Waals surface area contributed by atoms with Crippen molar-refractivity contribution in [3.05, 3.63) is 47.5 Å². The summed E-state index contributed by atoms with van der Waals surface area (Å²) in [6.07, 6.45) is 1.63. The molecular formula is C17H19NO4. The number of phenolic OH excluding ortho intramolecular Hbond substituents is 1. The monoisotopic (exact) mass is 301 g/mol. The zero-order chi connectivity index (χ0) is 15.9. The van der Waals surface area contributed by atoms with Gasteiger partial charge >= 0.3 is 0 Å². The summed E-state index contributed by atoms with van der Waals surface area (Å²) in [7, 11) is 3.15. The molecule has 0 fully saturated rings. The van der Waals surface area contributed by atoms with E-state index in [2.05, 4.69) is 4.99 Å². The molecular weight excluding hydrogens is 282 g/mol. The van der Waals surface area contributed by atoms with Gasteiger partial charge in [0.1, 0.15) is 22.9 Å². The van der Waals surface area contributed by atoms with Crippen molar-refractivity contribution >= 4 is 11.9 Å². The largest absolute Gasteiger partial charge is 0.506 e. The summed E-state index contributed by atoms with van der Waals surface area (Å²) < 4.78 is 15.6. The molecule has 5 heteroatoms. The summed E-state index contributed by atoms with van der Waals surface area (Å²) in [6, 6.07) is 10.7. The van der Waals surface area contributed by atoms with Crippen LogP contribution in [0.3, 0.4) is 0 Å². The van der Waals surface area contributed by atoms with Crippen molar-refractivity contribution in [3.63, 3.8) is 0 Å². The Bertz CT molecular complexity index is 647. The maximum Gasteiger partial charge on any atom is 0.188 e. The van der Waals surface area contributed by atoms with Crippen molar-refractivity contribution in [3.8, 4) is 17.2 Å². The highest BCUT2D eigenvalue weighted by Gasteiger charge is 2.06. The Morgan fingerprint density at radius 3 is 2.68 bits per heavy atom. The number of phenols is 1. The minimum absolute atomic E-state index is 0.138. The number of ether oxygens (including phenoxy) is 3. The second-order valence-electron chi connectivity index (χ2n) is 4.66. The van der Waals surface area contributed by atoms with Crippen molar-refractivity contribution in [2.24, 2.45) is 4.99 Å². The predicted molar refractivity (Wildman–Crippen MR) is 85.6 cm³/mol. The number of hydrogen-bond acceptors (Lipinski definition) is 5. The van der Waals surface area contributed by atoms with E-state index in [4.69, 9.17) is 14.2 Å². The molecule has 2 rings (SSSR count). The SMILES string of the molecule is COCOc1ccc(OC)cc1/C=N/c1c(C)cccc1O. The fourth-order valence-corrected chi connectivity index (χ4v) is 1.95. The van der Waals surface area contributed by atoms with Gasteiger partial charge in [-0.05, 0) is 36.8 Å². The van der Waals surface area contributed by atoms with Gasteiger partial charge in [-0.25, -0.2) is 0 Å². The number of hydrogen-bond donors (Lipinski definition) is 1. The van der Waals surface area contributed by atoms with Crippen LogP contribution in [0.5, 0.6) is 17.2 Å². The average Bonchev–Trinajstić information content (AvgIpc) is 2.53. The molecule has 116 valence electrons. The molecule has 0 aliphatic carbocycles.